The molecule has 3 heteroatoms. The molecule has 0 bridgehead atoms. The summed E-state index contributed by atoms with van der Waals surface area (Å²) in [4.78, 5) is 10.3. The van der Waals surface area contributed by atoms with Gasteiger partial charge in [0.05, 0.1) is 5.56 Å². The number of unbranched alkanes of at least 4 members (excludes halogenated alkanes) is 2. The van der Waals surface area contributed by atoms with Crippen molar-refractivity contribution < 1.29 is 9.90 Å². The maximum atomic E-state index is 10.3. The molecule has 0 radical (unpaired) electrons. The molecule has 98 valence electrons. The summed E-state index contributed by atoms with van der Waals surface area (Å²) in [6.07, 6.45) is 4.61. The average Bonchev–Trinajstić information content (AvgIpc) is 2.36. The summed E-state index contributed by atoms with van der Waals surface area (Å²) in [5.41, 5.74) is 5.80. The third-order valence-electron chi connectivity index (χ3n) is 2.15. The van der Waals surface area contributed by atoms with Crippen molar-refractivity contribution in [3.8, 4) is 11.8 Å². The predicted molar refractivity (Wildman–Crippen MR) is 75.4 cm³/mol. The molecule has 1 aromatic carbocycles. The van der Waals surface area contributed by atoms with Crippen LogP contribution in [-0.2, 0) is 0 Å². The first-order chi connectivity index (χ1) is 8.63. The molecular weight excluding hydrogens is 226 g/mol. The van der Waals surface area contributed by atoms with Gasteiger partial charge in [0.15, 0.2) is 0 Å². The lowest BCUT2D eigenvalue weighted by atomic mass is 10.2. The van der Waals surface area contributed by atoms with Gasteiger partial charge in [-0.1, -0.05) is 32.4 Å². The topological polar surface area (TPSA) is 63.3 Å². The molecule has 0 saturated heterocycles. The highest BCUT2D eigenvalue weighted by atomic mass is 16.4. The number of rotatable bonds is 3. The number of hydrogen-bond acceptors (Lipinski definition) is 2. The van der Waals surface area contributed by atoms with Gasteiger partial charge in [0.1, 0.15) is 0 Å². The van der Waals surface area contributed by atoms with Crippen molar-refractivity contribution in [3.05, 3.63) is 29.8 Å². The minimum atomic E-state index is -0.988. The van der Waals surface area contributed by atoms with E-state index >= 15 is 0 Å². The van der Waals surface area contributed by atoms with Crippen molar-refractivity contribution >= 4 is 11.7 Å². The molecule has 0 spiro atoms. The van der Waals surface area contributed by atoms with Crippen molar-refractivity contribution in [3.63, 3.8) is 0 Å². The van der Waals surface area contributed by atoms with Gasteiger partial charge in [0.25, 0.3) is 0 Å². The van der Waals surface area contributed by atoms with E-state index in [9.17, 15) is 4.79 Å². The van der Waals surface area contributed by atoms with E-state index in [0.717, 1.165) is 12.8 Å². The molecule has 0 unspecified atom stereocenters. The number of nitrogen functional groups attached to an aromatic ring is 1. The second-order valence-electron chi connectivity index (χ2n) is 3.70. The van der Waals surface area contributed by atoms with Crippen molar-refractivity contribution in [2.75, 3.05) is 5.73 Å². The van der Waals surface area contributed by atoms with Crippen LogP contribution >= 0.6 is 0 Å². The van der Waals surface area contributed by atoms with Gasteiger partial charge in [0.2, 0.25) is 0 Å². The summed E-state index contributed by atoms with van der Waals surface area (Å²) in [5, 5.41) is 8.49. The highest BCUT2D eigenvalue weighted by Gasteiger charge is 2.03. The average molecular weight is 247 g/mol. The van der Waals surface area contributed by atoms with E-state index in [1.807, 2.05) is 0 Å². The zero-order valence-corrected chi connectivity index (χ0v) is 11.1. The zero-order valence-electron chi connectivity index (χ0n) is 11.1. The molecule has 0 amide bonds. The highest BCUT2D eigenvalue weighted by molar-refractivity contribution is 5.93. The monoisotopic (exact) mass is 247 g/mol. The molecule has 0 aliphatic carbocycles. The Kier molecular flexibility index (Phi) is 9.11. The number of carboxylic acid groups (broad SMARTS) is 1. The molecule has 0 heterocycles. The number of hydrogen-bond donors (Lipinski definition) is 2. The Balaban J connectivity index is 0.000000331. The second kappa shape index (κ2) is 10.2. The van der Waals surface area contributed by atoms with E-state index in [0.29, 0.717) is 5.69 Å². The lowest BCUT2D eigenvalue weighted by Crippen LogP contribution is -2.00. The van der Waals surface area contributed by atoms with E-state index in [2.05, 4.69) is 25.7 Å². The van der Waals surface area contributed by atoms with Crippen LogP contribution in [0.5, 0.6) is 0 Å². The Morgan fingerprint density at radius 2 is 1.94 bits per heavy atom. The SMILES string of the molecule is CCC#CCCCC.Nc1ccccc1C(=O)O. The number of aromatic carboxylic acids is 1. The van der Waals surface area contributed by atoms with Gasteiger partial charge in [0, 0.05) is 18.5 Å². The summed E-state index contributed by atoms with van der Waals surface area (Å²) in [7, 11) is 0. The maximum Gasteiger partial charge on any atom is 0.337 e. The van der Waals surface area contributed by atoms with Gasteiger partial charge < -0.3 is 10.8 Å². The van der Waals surface area contributed by atoms with Gasteiger partial charge in [-0.25, -0.2) is 4.79 Å². The summed E-state index contributed by atoms with van der Waals surface area (Å²) in [6.45, 7) is 4.27. The largest absolute Gasteiger partial charge is 0.478 e. The number of carbonyl (C=O) groups is 1. The molecule has 0 aliphatic heterocycles. The number of nitrogens with two attached hydrogens (primary N) is 1. The third kappa shape index (κ3) is 7.34. The summed E-state index contributed by atoms with van der Waals surface area (Å²) >= 11 is 0. The van der Waals surface area contributed by atoms with Crippen LogP contribution in [-0.4, -0.2) is 11.1 Å². The molecule has 0 atom stereocenters. The molecule has 3 N–H and O–H groups in total. The van der Waals surface area contributed by atoms with E-state index in [1.165, 1.54) is 18.9 Å². The molecule has 0 aromatic heterocycles. The lowest BCUT2D eigenvalue weighted by Gasteiger charge is -1.96. The number of anilines is 1. The van der Waals surface area contributed by atoms with Crippen LogP contribution in [0.15, 0.2) is 24.3 Å². The van der Waals surface area contributed by atoms with Crippen LogP contribution < -0.4 is 5.73 Å². The van der Waals surface area contributed by atoms with Gasteiger partial charge >= 0.3 is 5.97 Å². The zero-order chi connectivity index (χ0) is 13.8. The Bertz CT molecular complexity index is 416. The Morgan fingerprint density at radius 3 is 2.39 bits per heavy atom. The van der Waals surface area contributed by atoms with E-state index in [4.69, 9.17) is 10.8 Å². The Morgan fingerprint density at radius 1 is 1.28 bits per heavy atom. The van der Waals surface area contributed by atoms with Crippen LogP contribution in [0.1, 0.15) is 49.9 Å². The van der Waals surface area contributed by atoms with Crippen molar-refractivity contribution in [1.29, 1.82) is 0 Å². The molecule has 1 rings (SSSR count). The molecule has 0 aliphatic rings. The van der Waals surface area contributed by atoms with Crippen LogP contribution in [0.25, 0.3) is 0 Å². The normalized spacial score (nSPS) is 8.56. The van der Waals surface area contributed by atoms with Crippen LogP contribution in [0.4, 0.5) is 5.69 Å². The summed E-state index contributed by atoms with van der Waals surface area (Å²) in [6, 6.07) is 6.36. The first-order valence-electron chi connectivity index (χ1n) is 6.17. The fraction of sp³-hybridized carbons (Fsp3) is 0.400. The molecule has 18 heavy (non-hydrogen) atoms. The van der Waals surface area contributed by atoms with Gasteiger partial charge in [-0.3, -0.25) is 0 Å². The number of para-hydroxylation sites is 1. The molecule has 0 fully saturated rings. The maximum absolute atomic E-state index is 10.3. The lowest BCUT2D eigenvalue weighted by molar-refractivity contribution is 0.0698. The molecule has 1 aromatic rings. The number of carboxylic acids is 1. The molecule has 0 saturated carbocycles. The van der Waals surface area contributed by atoms with Crippen molar-refractivity contribution in [2.24, 2.45) is 0 Å². The van der Waals surface area contributed by atoms with E-state index in [1.54, 1.807) is 18.2 Å². The first-order valence-corrected chi connectivity index (χ1v) is 6.17. The van der Waals surface area contributed by atoms with Gasteiger partial charge in [-0.15, -0.1) is 11.8 Å². The van der Waals surface area contributed by atoms with Crippen molar-refractivity contribution in [1.82, 2.24) is 0 Å². The minimum Gasteiger partial charge on any atom is -0.478 e. The fourth-order valence-corrected chi connectivity index (χ4v) is 1.17. The Hall–Kier alpha value is -1.95. The van der Waals surface area contributed by atoms with Crippen LogP contribution in [0, 0.1) is 11.8 Å². The smallest absolute Gasteiger partial charge is 0.337 e. The highest BCUT2D eigenvalue weighted by Crippen LogP contribution is 2.08. The van der Waals surface area contributed by atoms with Gasteiger partial charge in [-0.2, -0.15) is 0 Å². The van der Waals surface area contributed by atoms with Crippen LogP contribution in [0.2, 0.25) is 0 Å². The predicted octanol–water partition coefficient (Wildman–Crippen LogP) is 3.56. The first kappa shape index (κ1) is 16.1. The van der Waals surface area contributed by atoms with Crippen molar-refractivity contribution in [2.45, 2.75) is 39.5 Å². The number of benzene rings is 1. The Labute approximate surface area is 109 Å². The second-order valence-corrected chi connectivity index (χ2v) is 3.70. The third-order valence-corrected chi connectivity index (χ3v) is 2.15. The van der Waals surface area contributed by atoms with E-state index < -0.39 is 5.97 Å². The van der Waals surface area contributed by atoms with E-state index in [-0.39, 0.29) is 5.56 Å². The van der Waals surface area contributed by atoms with Crippen LogP contribution in [0.3, 0.4) is 0 Å². The summed E-state index contributed by atoms with van der Waals surface area (Å²) in [5.74, 6) is 5.13. The molecular formula is C15H21NO2. The van der Waals surface area contributed by atoms with Gasteiger partial charge in [-0.05, 0) is 18.6 Å². The summed E-state index contributed by atoms with van der Waals surface area (Å²) < 4.78 is 0. The standard InChI is InChI=1S/C8H14.C7H7NO2/c1-3-5-7-8-6-4-2;8-6-4-2-1-3-5(6)7(9)10/h3-5,7H2,1-2H3;1-4H,8H2,(H,9,10). The fourth-order valence-electron chi connectivity index (χ4n) is 1.17. The quantitative estimate of drug-likeness (QED) is 0.487. The minimum absolute atomic E-state index is 0.155. The molecule has 3 nitrogen and oxygen atoms in total.